The molecule has 2 N–H and O–H groups in total. The molecule has 0 atom stereocenters. The molecule has 0 aliphatic rings. The van der Waals surface area contributed by atoms with Crippen LogP contribution < -0.4 is 0 Å². The van der Waals surface area contributed by atoms with Gasteiger partial charge in [-0.05, 0) is 24.1 Å². The van der Waals surface area contributed by atoms with Crippen LogP contribution in [-0.4, -0.2) is 10.2 Å². The minimum Gasteiger partial charge on any atom is -0.507 e. The summed E-state index contributed by atoms with van der Waals surface area (Å²) in [7, 11) is 0. The lowest BCUT2D eigenvalue weighted by molar-refractivity contribution is 0.281. The van der Waals surface area contributed by atoms with Gasteiger partial charge in [0.1, 0.15) is 5.75 Å². The van der Waals surface area contributed by atoms with E-state index in [0.717, 1.165) is 11.1 Å². The molecule has 0 aliphatic carbocycles. The van der Waals surface area contributed by atoms with Crippen LogP contribution in [0.3, 0.4) is 0 Å². The van der Waals surface area contributed by atoms with Crippen molar-refractivity contribution < 1.29 is 10.2 Å². The Bertz CT molecular complexity index is 303. The van der Waals surface area contributed by atoms with Crippen molar-refractivity contribution in [2.45, 2.75) is 13.5 Å². The number of benzene rings is 1. The molecular formula is C10H12O2. The standard InChI is InChI=1S/C10H12O2/c1-7(2)9-4-3-8(6-11)5-10(9)12/h3-5,11-12H,1,6H2,2H3. The highest BCUT2D eigenvalue weighted by atomic mass is 16.3. The summed E-state index contributed by atoms with van der Waals surface area (Å²) in [6.45, 7) is 5.49. The molecule has 2 nitrogen and oxygen atoms in total. The topological polar surface area (TPSA) is 40.5 Å². The Morgan fingerprint density at radius 2 is 2.17 bits per heavy atom. The maximum atomic E-state index is 9.42. The van der Waals surface area contributed by atoms with E-state index in [4.69, 9.17) is 5.11 Å². The highest BCUT2D eigenvalue weighted by molar-refractivity contribution is 5.67. The van der Waals surface area contributed by atoms with E-state index in [1.54, 1.807) is 18.2 Å². The molecule has 64 valence electrons. The van der Waals surface area contributed by atoms with Gasteiger partial charge in [-0.25, -0.2) is 0 Å². The summed E-state index contributed by atoms with van der Waals surface area (Å²) < 4.78 is 0. The van der Waals surface area contributed by atoms with Crippen LogP contribution in [0.1, 0.15) is 18.1 Å². The third kappa shape index (κ3) is 1.66. The Morgan fingerprint density at radius 3 is 2.58 bits per heavy atom. The molecule has 0 amide bonds. The number of allylic oxidation sites excluding steroid dienone is 1. The zero-order valence-electron chi connectivity index (χ0n) is 7.04. The van der Waals surface area contributed by atoms with E-state index < -0.39 is 0 Å². The molecule has 0 saturated heterocycles. The van der Waals surface area contributed by atoms with E-state index in [2.05, 4.69) is 6.58 Å². The van der Waals surface area contributed by atoms with Gasteiger partial charge in [-0.3, -0.25) is 0 Å². The molecule has 1 rings (SSSR count). The summed E-state index contributed by atoms with van der Waals surface area (Å²) in [6, 6.07) is 5.07. The summed E-state index contributed by atoms with van der Waals surface area (Å²) in [5.41, 5.74) is 2.25. The smallest absolute Gasteiger partial charge is 0.123 e. The number of hydrogen-bond donors (Lipinski definition) is 2. The van der Waals surface area contributed by atoms with Gasteiger partial charge < -0.3 is 10.2 Å². The molecule has 0 bridgehead atoms. The average molecular weight is 164 g/mol. The van der Waals surface area contributed by atoms with Crippen LogP contribution in [0.15, 0.2) is 24.8 Å². The van der Waals surface area contributed by atoms with Gasteiger partial charge in [0.2, 0.25) is 0 Å². The number of aliphatic hydroxyl groups is 1. The maximum absolute atomic E-state index is 9.42. The van der Waals surface area contributed by atoms with Crippen LogP contribution in [0.2, 0.25) is 0 Å². The van der Waals surface area contributed by atoms with Crippen LogP contribution in [-0.2, 0) is 6.61 Å². The van der Waals surface area contributed by atoms with E-state index >= 15 is 0 Å². The molecule has 0 unspecified atom stereocenters. The summed E-state index contributed by atoms with van der Waals surface area (Å²) in [4.78, 5) is 0. The summed E-state index contributed by atoms with van der Waals surface area (Å²) in [6.07, 6.45) is 0. The lowest BCUT2D eigenvalue weighted by Gasteiger charge is -2.04. The van der Waals surface area contributed by atoms with Crippen molar-refractivity contribution in [3.05, 3.63) is 35.9 Å². The predicted octanol–water partition coefficient (Wildman–Crippen LogP) is 1.92. The first-order valence-corrected chi connectivity index (χ1v) is 3.73. The lowest BCUT2D eigenvalue weighted by atomic mass is 10.1. The first-order valence-electron chi connectivity index (χ1n) is 3.73. The second-order valence-electron chi connectivity index (χ2n) is 2.79. The fourth-order valence-corrected chi connectivity index (χ4v) is 1.04. The van der Waals surface area contributed by atoms with Crippen LogP contribution in [0.4, 0.5) is 0 Å². The van der Waals surface area contributed by atoms with Crippen molar-refractivity contribution in [1.29, 1.82) is 0 Å². The van der Waals surface area contributed by atoms with Gasteiger partial charge >= 0.3 is 0 Å². The molecular weight excluding hydrogens is 152 g/mol. The number of phenols is 1. The fourth-order valence-electron chi connectivity index (χ4n) is 1.04. The van der Waals surface area contributed by atoms with Crippen LogP contribution in [0.5, 0.6) is 5.75 Å². The predicted molar refractivity (Wildman–Crippen MR) is 48.7 cm³/mol. The van der Waals surface area contributed by atoms with Crippen molar-refractivity contribution in [2.24, 2.45) is 0 Å². The van der Waals surface area contributed by atoms with E-state index in [1.807, 2.05) is 6.92 Å². The highest BCUT2D eigenvalue weighted by Crippen LogP contribution is 2.24. The third-order valence-electron chi connectivity index (χ3n) is 1.70. The van der Waals surface area contributed by atoms with Crippen LogP contribution >= 0.6 is 0 Å². The average Bonchev–Trinajstić information content (AvgIpc) is 2.03. The molecule has 0 aliphatic heterocycles. The van der Waals surface area contributed by atoms with Crippen molar-refractivity contribution in [3.63, 3.8) is 0 Å². The minimum atomic E-state index is -0.0516. The Labute approximate surface area is 71.8 Å². The Hall–Kier alpha value is -1.28. The second-order valence-corrected chi connectivity index (χ2v) is 2.79. The van der Waals surface area contributed by atoms with Gasteiger partial charge in [-0.15, -0.1) is 0 Å². The van der Waals surface area contributed by atoms with Gasteiger partial charge in [0.25, 0.3) is 0 Å². The zero-order valence-corrected chi connectivity index (χ0v) is 7.04. The largest absolute Gasteiger partial charge is 0.507 e. The fraction of sp³-hybridized carbons (Fsp3) is 0.200. The molecule has 12 heavy (non-hydrogen) atoms. The number of aliphatic hydroxyl groups excluding tert-OH is 1. The molecule has 0 spiro atoms. The molecule has 1 aromatic carbocycles. The van der Waals surface area contributed by atoms with E-state index in [-0.39, 0.29) is 12.4 Å². The van der Waals surface area contributed by atoms with Crippen LogP contribution in [0.25, 0.3) is 5.57 Å². The number of phenolic OH excluding ortho intramolecular Hbond substituents is 1. The highest BCUT2D eigenvalue weighted by Gasteiger charge is 2.01. The van der Waals surface area contributed by atoms with Gasteiger partial charge in [0.15, 0.2) is 0 Å². The van der Waals surface area contributed by atoms with Gasteiger partial charge in [0.05, 0.1) is 6.61 Å². The van der Waals surface area contributed by atoms with Gasteiger partial charge in [-0.2, -0.15) is 0 Å². The van der Waals surface area contributed by atoms with Crippen molar-refractivity contribution >= 4 is 5.57 Å². The molecule has 0 fully saturated rings. The lowest BCUT2D eigenvalue weighted by Crippen LogP contribution is -1.85. The quantitative estimate of drug-likeness (QED) is 0.701. The molecule has 0 heterocycles. The van der Waals surface area contributed by atoms with Gasteiger partial charge in [0, 0.05) is 5.56 Å². The van der Waals surface area contributed by atoms with Crippen molar-refractivity contribution in [3.8, 4) is 5.75 Å². The van der Waals surface area contributed by atoms with Crippen LogP contribution in [0, 0.1) is 0 Å². The maximum Gasteiger partial charge on any atom is 0.123 e. The molecule has 1 aromatic rings. The molecule has 0 radical (unpaired) electrons. The SMILES string of the molecule is C=C(C)c1ccc(CO)cc1O. The first-order chi connectivity index (χ1) is 5.65. The summed E-state index contributed by atoms with van der Waals surface area (Å²) >= 11 is 0. The number of hydrogen-bond acceptors (Lipinski definition) is 2. The Morgan fingerprint density at radius 1 is 1.50 bits per heavy atom. The number of rotatable bonds is 2. The number of aromatic hydroxyl groups is 1. The van der Waals surface area contributed by atoms with Gasteiger partial charge in [-0.1, -0.05) is 18.7 Å². The second kappa shape index (κ2) is 3.41. The van der Waals surface area contributed by atoms with E-state index in [9.17, 15) is 5.11 Å². The van der Waals surface area contributed by atoms with Crippen molar-refractivity contribution in [1.82, 2.24) is 0 Å². The van der Waals surface area contributed by atoms with E-state index in [0.29, 0.717) is 5.56 Å². The molecule has 0 aromatic heterocycles. The normalized spacial score (nSPS) is 9.83. The van der Waals surface area contributed by atoms with Crippen molar-refractivity contribution in [2.75, 3.05) is 0 Å². The minimum absolute atomic E-state index is 0.0516. The zero-order chi connectivity index (χ0) is 9.14. The monoisotopic (exact) mass is 164 g/mol. The molecule has 0 saturated carbocycles. The summed E-state index contributed by atoms with van der Waals surface area (Å²) in [5, 5.41) is 18.2. The summed E-state index contributed by atoms with van der Waals surface area (Å²) in [5.74, 6) is 0.175. The molecule has 2 heteroatoms. The Balaban J connectivity index is 3.12. The third-order valence-corrected chi connectivity index (χ3v) is 1.70. The van der Waals surface area contributed by atoms with E-state index in [1.165, 1.54) is 0 Å². The first kappa shape index (κ1) is 8.81. The Kier molecular flexibility index (Phi) is 2.51.